The van der Waals surface area contributed by atoms with Gasteiger partial charge in [0.05, 0.1) is 5.52 Å². The highest BCUT2D eigenvalue weighted by molar-refractivity contribution is 6.73. The molecule has 3 heteroatoms. The highest BCUT2D eigenvalue weighted by atomic mass is 16.5. The van der Waals surface area contributed by atoms with Gasteiger partial charge in [-0.1, -0.05) is 103 Å². The first kappa shape index (κ1) is 27.6. The molecule has 0 amide bonds. The van der Waals surface area contributed by atoms with Crippen molar-refractivity contribution in [2.45, 2.75) is 33.6 Å². The molecule has 2 nitrogen and oxygen atoms in total. The van der Waals surface area contributed by atoms with Crippen LogP contribution in [0, 0.1) is 20.8 Å². The van der Waals surface area contributed by atoms with Crippen molar-refractivity contribution in [2.24, 2.45) is 0 Å². The standard InChI is InChI=1S/C45H33BNO/c1-25-20-26(2)41(27(3)21-25)35-24-33(32-15-11-19-40-42(32)28(4)31-14-7-10-18-39(31)48-40)44-45-43(35)34-22-29-12-5-6-13-30(29)23-38(34)47(45)37-17-9-8-16-36(37)46-44/h5-24,28H,1-4H3. The Hall–Kier alpha value is -5.54. The normalized spacial score (nSPS) is 14.4. The number of benzene rings is 7. The fraction of sp³-hybridized carbons (Fsp3) is 0.111. The quantitative estimate of drug-likeness (QED) is 0.177. The molecule has 2 aliphatic rings. The molecule has 0 saturated heterocycles. The van der Waals surface area contributed by atoms with E-state index in [9.17, 15) is 0 Å². The van der Waals surface area contributed by atoms with Gasteiger partial charge in [0.25, 0.3) is 0 Å². The van der Waals surface area contributed by atoms with Gasteiger partial charge in [-0.05, 0) is 107 Å². The lowest BCUT2D eigenvalue weighted by Crippen LogP contribution is -2.37. The summed E-state index contributed by atoms with van der Waals surface area (Å²) in [6.45, 7) is 9.07. The van der Waals surface area contributed by atoms with Crippen LogP contribution in [0.25, 0.3) is 60.5 Å². The fourth-order valence-corrected chi connectivity index (χ4v) is 8.83. The largest absolute Gasteiger partial charge is 0.457 e. The number of para-hydroxylation sites is 2. The molecule has 0 bridgehead atoms. The van der Waals surface area contributed by atoms with E-state index in [-0.39, 0.29) is 5.92 Å². The van der Waals surface area contributed by atoms with Crippen LogP contribution in [0.4, 0.5) is 0 Å². The Balaban J connectivity index is 1.41. The van der Waals surface area contributed by atoms with Crippen LogP contribution in [0.2, 0.25) is 0 Å². The van der Waals surface area contributed by atoms with Crippen LogP contribution in [0.3, 0.4) is 0 Å². The predicted octanol–water partition coefficient (Wildman–Crippen LogP) is 10.4. The second-order valence-electron chi connectivity index (χ2n) is 13.7. The number of hydrogen-bond acceptors (Lipinski definition) is 1. The van der Waals surface area contributed by atoms with Crippen LogP contribution < -0.4 is 15.7 Å². The molecule has 1 unspecified atom stereocenters. The summed E-state index contributed by atoms with van der Waals surface area (Å²) < 4.78 is 9.15. The van der Waals surface area contributed by atoms with E-state index < -0.39 is 0 Å². The minimum atomic E-state index is 0.183. The van der Waals surface area contributed by atoms with Gasteiger partial charge < -0.3 is 9.30 Å². The minimum Gasteiger partial charge on any atom is -0.457 e. The van der Waals surface area contributed by atoms with Crippen molar-refractivity contribution in [1.82, 2.24) is 4.57 Å². The van der Waals surface area contributed by atoms with Gasteiger partial charge in [0.1, 0.15) is 11.5 Å². The number of aryl methyl sites for hydroxylation is 3. The lowest BCUT2D eigenvalue weighted by atomic mass is 9.58. The Kier molecular flexibility index (Phi) is 5.73. The first-order valence-corrected chi connectivity index (χ1v) is 16.9. The van der Waals surface area contributed by atoms with Crippen LogP contribution in [-0.2, 0) is 0 Å². The highest BCUT2D eigenvalue weighted by Gasteiger charge is 2.32. The highest BCUT2D eigenvalue weighted by Crippen LogP contribution is 2.50. The van der Waals surface area contributed by atoms with Crippen LogP contribution in [0.1, 0.15) is 40.7 Å². The average molecular weight is 615 g/mol. The molecule has 0 N–H and O–H groups in total. The van der Waals surface area contributed by atoms with Gasteiger partial charge >= 0.3 is 0 Å². The van der Waals surface area contributed by atoms with Crippen molar-refractivity contribution < 1.29 is 4.74 Å². The molecular formula is C45H33BNO. The third kappa shape index (κ3) is 3.76. The summed E-state index contributed by atoms with van der Waals surface area (Å²) in [5.41, 5.74) is 17.7. The smallest absolute Gasteiger partial charge is 0.197 e. The molecule has 7 aromatic carbocycles. The molecule has 10 rings (SSSR count). The Labute approximate surface area is 281 Å². The van der Waals surface area contributed by atoms with Crippen LogP contribution in [0.5, 0.6) is 11.5 Å². The molecule has 3 heterocycles. The van der Waals surface area contributed by atoms with Crippen molar-refractivity contribution >= 4 is 50.8 Å². The van der Waals surface area contributed by atoms with E-state index in [0.29, 0.717) is 0 Å². The van der Waals surface area contributed by atoms with Gasteiger partial charge in [-0.25, -0.2) is 0 Å². The minimum absolute atomic E-state index is 0.183. The summed E-state index contributed by atoms with van der Waals surface area (Å²) in [6.07, 6.45) is 0. The summed E-state index contributed by atoms with van der Waals surface area (Å²) >= 11 is 0. The SMILES string of the molecule is Cc1cc(C)c(-c2cc(-c3cccc4c3C(C)c3ccccc3O4)c3c4c2c2cc5ccccc5cc2n4-c2ccccc2[B]3)c(C)c1. The summed E-state index contributed by atoms with van der Waals surface area (Å²) in [7, 11) is 2.42. The molecule has 1 radical (unpaired) electrons. The fourth-order valence-electron chi connectivity index (χ4n) is 8.83. The zero-order valence-corrected chi connectivity index (χ0v) is 27.6. The summed E-state index contributed by atoms with van der Waals surface area (Å²) in [6, 6.07) is 44.7. The average Bonchev–Trinajstić information content (AvgIpc) is 3.42. The van der Waals surface area contributed by atoms with Crippen molar-refractivity contribution in [3.05, 3.63) is 149 Å². The third-order valence-corrected chi connectivity index (χ3v) is 10.8. The summed E-state index contributed by atoms with van der Waals surface area (Å²) in [5.74, 6) is 2.08. The maximum atomic E-state index is 6.61. The van der Waals surface area contributed by atoms with E-state index in [4.69, 9.17) is 4.74 Å². The molecule has 0 fully saturated rings. The Morgan fingerprint density at radius 1 is 0.646 bits per heavy atom. The number of fused-ring (bicyclic) bond motifs is 8. The Morgan fingerprint density at radius 2 is 1.35 bits per heavy atom. The van der Waals surface area contributed by atoms with Crippen molar-refractivity contribution in [1.29, 1.82) is 0 Å². The van der Waals surface area contributed by atoms with Crippen molar-refractivity contribution in [2.75, 3.05) is 0 Å². The number of ether oxygens (including phenoxy) is 1. The van der Waals surface area contributed by atoms with Crippen molar-refractivity contribution in [3.8, 4) is 39.4 Å². The van der Waals surface area contributed by atoms with E-state index in [1.165, 1.54) is 99.3 Å². The van der Waals surface area contributed by atoms with Gasteiger partial charge in [0, 0.05) is 39.0 Å². The van der Waals surface area contributed by atoms with Crippen molar-refractivity contribution in [3.63, 3.8) is 0 Å². The van der Waals surface area contributed by atoms with E-state index >= 15 is 0 Å². The second kappa shape index (κ2) is 9.98. The maximum Gasteiger partial charge on any atom is 0.197 e. The summed E-state index contributed by atoms with van der Waals surface area (Å²) in [5, 5.41) is 5.12. The first-order valence-electron chi connectivity index (χ1n) is 16.9. The molecule has 48 heavy (non-hydrogen) atoms. The number of nitrogens with zero attached hydrogens (tertiary/aromatic N) is 1. The van der Waals surface area contributed by atoms with E-state index in [2.05, 4.69) is 161 Å². The van der Waals surface area contributed by atoms with Gasteiger partial charge in [-0.2, -0.15) is 0 Å². The molecule has 2 aliphatic heterocycles. The van der Waals surface area contributed by atoms with Gasteiger partial charge in [-0.3, -0.25) is 0 Å². The number of rotatable bonds is 2. The lowest BCUT2D eigenvalue weighted by molar-refractivity contribution is 0.450. The molecule has 1 atom stereocenters. The van der Waals surface area contributed by atoms with Gasteiger partial charge in [-0.15, -0.1) is 0 Å². The van der Waals surface area contributed by atoms with Crippen LogP contribution in [0.15, 0.2) is 121 Å². The molecule has 0 spiro atoms. The molecule has 0 aliphatic carbocycles. The van der Waals surface area contributed by atoms with Gasteiger partial charge in [0.2, 0.25) is 0 Å². The maximum absolute atomic E-state index is 6.61. The number of aromatic nitrogens is 1. The molecule has 1 aromatic heterocycles. The van der Waals surface area contributed by atoms with Gasteiger partial charge in [0.15, 0.2) is 7.28 Å². The summed E-state index contributed by atoms with van der Waals surface area (Å²) in [4.78, 5) is 0. The first-order chi connectivity index (χ1) is 23.5. The van der Waals surface area contributed by atoms with Crippen LogP contribution in [-0.4, -0.2) is 11.8 Å². The Morgan fingerprint density at radius 3 is 2.19 bits per heavy atom. The second-order valence-corrected chi connectivity index (χ2v) is 13.7. The molecular weight excluding hydrogens is 581 g/mol. The van der Waals surface area contributed by atoms with Crippen LogP contribution >= 0.6 is 0 Å². The molecule has 0 saturated carbocycles. The van der Waals surface area contributed by atoms with E-state index in [1.807, 2.05) is 0 Å². The lowest BCUT2D eigenvalue weighted by Gasteiger charge is -2.30. The third-order valence-electron chi connectivity index (χ3n) is 10.8. The van der Waals surface area contributed by atoms with E-state index in [0.717, 1.165) is 11.5 Å². The van der Waals surface area contributed by atoms with E-state index in [1.54, 1.807) is 0 Å². The molecule has 227 valence electrons. The monoisotopic (exact) mass is 614 g/mol. The zero-order valence-electron chi connectivity index (χ0n) is 27.6. The topological polar surface area (TPSA) is 14.2 Å². The number of hydrogen-bond donors (Lipinski definition) is 0. The Bertz CT molecular complexity index is 2660. The zero-order chi connectivity index (χ0) is 32.3. The predicted molar refractivity (Wildman–Crippen MR) is 202 cm³/mol. The molecule has 8 aromatic rings.